The minimum atomic E-state index is -0.663. The monoisotopic (exact) mass is 453 g/mol. The summed E-state index contributed by atoms with van der Waals surface area (Å²) >= 11 is 1.78. The van der Waals surface area contributed by atoms with E-state index < -0.39 is 6.10 Å². The maximum Gasteiger partial charge on any atom is 0.161 e. The van der Waals surface area contributed by atoms with E-state index in [0.29, 0.717) is 23.6 Å². The Morgan fingerprint density at radius 2 is 1.88 bits per heavy atom. The van der Waals surface area contributed by atoms with Crippen molar-refractivity contribution >= 4 is 17.1 Å². The highest BCUT2D eigenvalue weighted by Gasteiger charge is 2.16. The molecule has 1 atom stereocenters. The first-order valence-electron chi connectivity index (χ1n) is 10.8. The lowest BCUT2D eigenvalue weighted by molar-refractivity contribution is 0.0652. The molecule has 0 bridgehead atoms. The number of rotatable bonds is 12. The van der Waals surface area contributed by atoms with Crippen LogP contribution in [0.25, 0.3) is 0 Å². The van der Waals surface area contributed by atoms with Gasteiger partial charge in [0.2, 0.25) is 0 Å². The molecule has 0 aliphatic heterocycles. The van der Waals surface area contributed by atoms with E-state index in [2.05, 4.69) is 48.2 Å². The normalized spacial score (nSPS) is 12.0. The number of ether oxygens (including phenoxy) is 2. The summed E-state index contributed by atoms with van der Waals surface area (Å²) in [6.45, 7) is 5.89. The number of hydrogen-bond donors (Lipinski definition) is 1. The molecule has 32 heavy (non-hydrogen) atoms. The lowest BCUT2D eigenvalue weighted by atomic mass is 10.1. The first-order valence-corrected chi connectivity index (χ1v) is 11.6. The standard InChI is InChI=1S/C26H31NO4S/c1-19-9-11-24(32-19)17-27(14-13-21-7-5-4-6-8-21)16-23(29)18-31-25-12-10-22(20(2)28)15-26(25)30-3/h4-12,15,23,29H,13-14,16-18H2,1-3H3. The number of ketones is 1. The van der Waals surface area contributed by atoms with Crippen LogP contribution in [0.15, 0.2) is 60.7 Å². The third-order valence-corrected chi connectivity index (χ3v) is 6.19. The molecule has 0 spiro atoms. The number of aliphatic hydroxyl groups is 1. The Balaban J connectivity index is 1.61. The van der Waals surface area contributed by atoms with Crippen LogP contribution >= 0.6 is 11.3 Å². The summed E-state index contributed by atoms with van der Waals surface area (Å²) in [5, 5.41) is 10.7. The van der Waals surface area contributed by atoms with Crippen LogP contribution < -0.4 is 9.47 Å². The number of nitrogens with zero attached hydrogens (tertiary/aromatic N) is 1. The van der Waals surface area contributed by atoms with E-state index in [1.54, 1.807) is 29.5 Å². The molecule has 6 heteroatoms. The van der Waals surface area contributed by atoms with Crippen LogP contribution in [0, 0.1) is 6.92 Å². The molecular formula is C26H31NO4S. The molecule has 1 N–H and O–H groups in total. The minimum absolute atomic E-state index is 0.0345. The summed E-state index contributed by atoms with van der Waals surface area (Å²) in [6.07, 6.45) is 0.253. The van der Waals surface area contributed by atoms with Gasteiger partial charge in [0.1, 0.15) is 12.7 Å². The van der Waals surface area contributed by atoms with Gasteiger partial charge in [-0.3, -0.25) is 9.69 Å². The number of benzene rings is 2. The highest BCUT2D eigenvalue weighted by atomic mass is 32.1. The molecule has 1 aromatic heterocycles. The smallest absolute Gasteiger partial charge is 0.161 e. The van der Waals surface area contributed by atoms with Gasteiger partial charge in [0, 0.05) is 35.0 Å². The van der Waals surface area contributed by atoms with Gasteiger partial charge in [0.15, 0.2) is 17.3 Å². The molecule has 0 aliphatic carbocycles. The van der Waals surface area contributed by atoms with Gasteiger partial charge in [-0.1, -0.05) is 30.3 Å². The Morgan fingerprint density at radius 1 is 1.09 bits per heavy atom. The molecule has 0 radical (unpaired) electrons. The third-order valence-electron chi connectivity index (χ3n) is 5.21. The second-order valence-electron chi connectivity index (χ2n) is 7.87. The average Bonchev–Trinajstić information content (AvgIpc) is 3.21. The van der Waals surface area contributed by atoms with Gasteiger partial charge in [-0.05, 0) is 56.2 Å². The summed E-state index contributed by atoms with van der Waals surface area (Å²) in [7, 11) is 1.54. The zero-order valence-electron chi connectivity index (χ0n) is 18.9. The van der Waals surface area contributed by atoms with E-state index in [0.717, 1.165) is 19.5 Å². The highest BCUT2D eigenvalue weighted by molar-refractivity contribution is 7.11. The van der Waals surface area contributed by atoms with Crippen molar-refractivity contribution in [3.05, 3.63) is 81.5 Å². The Morgan fingerprint density at radius 3 is 2.53 bits per heavy atom. The highest BCUT2D eigenvalue weighted by Crippen LogP contribution is 2.28. The van der Waals surface area contributed by atoms with Crippen molar-refractivity contribution < 1.29 is 19.4 Å². The summed E-state index contributed by atoms with van der Waals surface area (Å²) in [4.78, 5) is 16.4. The van der Waals surface area contributed by atoms with Gasteiger partial charge in [0.25, 0.3) is 0 Å². The fraction of sp³-hybridized carbons (Fsp3) is 0.346. The molecule has 1 heterocycles. The van der Waals surface area contributed by atoms with Gasteiger partial charge in [-0.15, -0.1) is 11.3 Å². The summed E-state index contributed by atoms with van der Waals surface area (Å²) < 4.78 is 11.2. The first kappa shape index (κ1) is 24.0. The van der Waals surface area contributed by atoms with Gasteiger partial charge in [-0.25, -0.2) is 0 Å². The molecule has 0 saturated heterocycles. The lowest BCUT2D eigenvalue weighted by Crippen LogP contribution is -2.36. The van der Waals surface area contributed by atoms with E-state index in [1.807, 2.05) is 6.07 Å². The van der Waals surface area contributed by atoms with Gasteiger partial charge < -0.3 is 14.6 Å². The zero-order valence-corrected chi connectivity index (χ0v) is 19.7. The number of carbonyl (C=O) groups excluding carboxylic acids is 1. The van der Waals surface area contributed by atoms with Crippen molar-refractivity contribution in [1.29, 1.82) is 0 Å². The lowest BCUT2D eigenvalue weighted by Gasteiger charge is -2.25. The van der Waals surface area contributed by atoms with Crippen LogP contribution in [0.4, 0.5) is 0 Å². The fourth-order valence-corrected chi connectivity index (χ4v) is 4.43. The third kappa shape index (κ3) is 7.19. The number of carbonyl (C=O) groups is 1. The van der Waals surface area contributed by atoms with Gasteiger partial charge in [-0.2, -0.15) is 0 Å². The summed E-state index contributed by atoms with van der Waals surface area (Å²) in [6, 6.07) is 19.7. The van der Waals surface area contributed by atoms with E-state index in [1.165, 1.54) is 29.4 Å². The molecular weight excluding hydrogens is 422 g/mol. The largest absolute Gasteiger partial charge is 0.493 e. The van der Waals surface area contributed by atoms with E-state index in [-0.39, 0.29) is 12.4 Å². The van der Waals surface area contributed by atoms with E-state index in [9.17, 15) is 9.90 Å². The topological polar surface area (TPSA) is 59.0 Å². The molecule has 0 fully saturated rings. The number of thiophene rings is 1. The maximum atomic E-state index is 11.6. The second-order valence-corrected chi connectivity index (χ2v) is 9.24. The van der Waals surface area contributed by atoms with Gasteiger partial charge in [0.05, 0.1) is 7.11 Å². The zero-order chi connectivity index (χ0) is 22.9. The molecule has 2 aromatic carbocycles. The van der Waals surface area contributed by atoms with Crippen LogP contribution in [-0.4, -0.2) is 48.7 Å². The predicted octanol–water partition coefficient (Wildman–Crippen LogP) is 4.75. The summed E-state index contributed by atoms with van der Waals surface area (Å²) in [5.74, 6) is 0.967. The molecule has 3 aromatic rings. The van der Waals surface area contributed by atoms with Crippen LogP contribution in [0.5, 0.6) is 11.5 Å². The van der Waals surface area contributed by atoms with Crippen molar-refractivity contribution in [3.8, 4) is 11.5 Å². The first-order chi connectivity index (χ1) is 15.4. The number of aryl methyl sites for hydroxylation is 1. The van der Waals surface area contributed by atoms with Crippen molar-refractivity contribution in [2.45, 2.75) is 32.9 Å². The summed E-state index contributed by atoms with van der Waals surface area (Å²) in [5.41, 5.74) is 1.84. The van der Waals surface area contributed by atoms with E-state index in [4.69, 9.17) is 9.47 Å². The maximum absolute atomic E-state index is 11.6. The van der Waals surface area contributed by atoms with Crippen molar-refractivity contribution in [2.75, 3.05) is 26.8 Å². The Kier molecular flexibility index (Phi) is 8.85. The van der Waals surface area contributed by atoms with Gasteiger partial charge >= 0.3 is 0 Å². The molecule has 1 unspecified atom stereocenters. The Hall–Kier alpha value is -2.67. The number of methoxy groups -OCH3 is 1. The van der Waals surface area contributed by atoms with Crippen LogP contribution in [0.2, 0.25) is 0 Å². The molecule has 3 rings (SSSR count). The fourth-order valence-electron chi connectivity index (χ4n) is 3.50. The second kappa shape index (κ2) is 11.8. The molecule has 5 nitrogen and oxygen atoms in total. The Labute approximate surface area is 194 Å². The molecule has 0 aliphatic rings. The van der Waals surface area contributed by atoms with Crippen molar-refractivity contribution in [3.63, 3.8) is 0 Å². The van der Waals surface area contributed by atoms with Crippen molar-refractivity contribution in [1.82, 2.24) is 4.90 Å². The van der Waals surface area contributed by atoms with Crippen LogP contribution in [0.1, 0.15) is 32.6 Å². The average molecular weight is 454 g/mol. The number of aliphatic hydroxyl groups excluding tert-OH is 1. The van der Waals surface area contributed by atoms with Crippen molar-refractivity contribution in [2.24, 2.45) is 0 Å². The Bertz CT molecular complexity index is 1000. The number of hydrogen-bond acceptors (Lipinski definition) is 6. The molecule has 170 valence electrons. The molecule has 0 amide bonds. The number of Topliss-reactive ketones (excluding diaryl/α,β-unsaturated/α-hetero) is 1. The van der Waals surface area contributed by atoms with Crippen LogP contribution in [0.3, 0.4) is 0 Å². The predicted molar refractivity (Wildman–Crippen MR) is 129 cm³/mol. The van der Waals surface area contributed by atoms with Crippen LogP contribution in [-0.2, 0) is 13.0 Å². The SMILES string of the molecule is COc1cc(C(C)=O)ccc1OCC(O)CN(CCc1ccccc1)Cc1ccc(C)s1. The molecule has 0 saturated carbocycles. The van der Waals surface area contributed by atoms with E-state index >= 15 is 0 Å². The minimum Gasteiger partial charge on any atom is -0.493 e. The quantitative estimate of drug-likeness (QED) is 0.401.